The standard InChI is InChI=1S/C6H13NO2/c1-6(2,9)4-7(3)5-8/h5,9H,4H2,1-3H3. The van der Waals surface area contributed by atoms with Crippen LogP contribution in [0.4, 0.5) is 0 Å². The molecule has 0 aromatic heterocycles. The zero-order valence-corrected chi connectivity index (χ0v) is 6.09. The molecule has 54 valence electrons. The lowest BCUT2D eigenvalue weighted by molar-refractivity contribution is -0.119. The Morgan fingerprint density at radius 2 is 2.11 bits per heavy atom. The third kappa shape index (κ3) is 5.30. The maximum Gasteiger partial charge on any atom is 0.209 e. The van der Waals surface area contributed by atoms with E-state index >= 15 is 0 Å². The molecule has 0 spiro atoms. The van der Waals surface area contributed by atoms with Crippen LogP contribution in [0.5, 0.6) is 0 Å². The molecule has 0 saturated carbocycles. The average molecular weight is 131 g/mol. The van der Waals surface area contributed by atoms with Crippen molar-refractivity contribution >= 4 is 6.41 Å². The number of hydrogen-bond donors (Lipinski definition) is 1. The molecule has 0 unspecified atom stereocenters. The van der Waals surface area contributed by atoms with Gasteiger partial charge in [-0.2, -0.15) is 0 Å². The van der Waals surface area contributed by atoms with E-state index in [-0.39, 0.29) is 0 Å². The van der Waals surface area contributed by atoms with Crippen LogP contribution in [-0.4, -0.2) is 35.6 Å². The number of rotatable bonds is 3. The lowest BCUT2D eigenvalue weighted by Crippen LogP contribution is -2.35. The Morgan fingerprint density at radius 1 is 1.67 bits per heavy atom. The topological polar surface area (TPSA) is 40.5 Å². The van der Waals surface area contributed by atoms with Crippen molar-refractivity contribution in [2.24, 2.45) is 0 Å². The van der Waals surface area contributed by atoms with Crippen molar-refractivity contribution in [3.05, 3.63) is 0 Å². The lowest BCUT2D eigenvalue weighted by atomic mass is 10.1. The van der Waals surface area contributed by atoms with Gasteiger partial charge in [0.25, 0.3) is 0 Å². The minimum absolute atomic E-state index is 0.372. The van der Waals surface area contributed by atoms with Gasteiger partial charge in [0.2, 0.25) is 6.41 Å². The van der Waals surface area contributed by atoms with Crippen molar-refractivity contribution in [1.82, 2.24) is 4.90 Å². The second kappa shape index (κ2) is 2.82. The smallest absolute Gasteiger partial charge is 0.209 e. The molecule has 1 amide bonds. The molecule has 0 saturated heterocycles. The average Bonchev–Trinajstić information content (AvgIpc) is 1.62. The minimum Gasteiger partial charge on any atom is -0.389 e. The van der Waals surface area contributed by atoms with Crippen LogP contribution in [0.25, 0.3) is 0 Å². The molecule has 0 bridgehead atoms. The normalized spacial score (nSPS) is 11.1. The molecule has 0 aliphatic carbocycles. The molecule has 1 N–H and O–H groups in total. The molecule has 0 radical (unpaired) electrons. The Bertz CT molecular complexity index is 95.7. The van der Waals surface area contributed by atoms with E-state index in [4.69, 9.17) is 5.11 Å². The Hall–Kier alpha value is -0.570. The van der Waals surface area contributed by atoms with Gasteiger partial charge in [-0.15, -0.1) is 0 Å². The van der Waals surface area contributed by atoms with E-state index in [0.717, 1.165) is 0 Å². The molecular weight excluding hydrogens is 118 g/mol. The fourth-order valence-corrected chi connectivity index (χ4v) is 0.648. The van der Waals surface area contributed by atoms with E-state index in [2.05, 4.69) is 0 Å². The summed E-state index contributed by atoms with van der Waals surface area (Å²) >= 11 is 0. The molecule has 0 fully saturated rings. The van der Waals surface area contributed by atoms with Crippen molar-refractivity contribution in [1.29, 1.82) is 0 Å². The van der Waals surface area contributed by atoms with Crippen molar-refractivity contribution in [2.75, 3.05) is 13.6 Å². The Balaban J connectivity index is 3.59. The number of likely N-dealkylation sites (N-methyl/N-ethyl adjacent to an activating group) is 1. The van der Waals surface area contributed by atoms with Crippen LogP contribution in [-0.2, 0) is 4.79 Å². The van der Waals surface area contributed by atoms with Gasteiger partial charge in [0.15, 0.2) is 0 Å². The second-order valence-electron chi connectivity index (χ2n) is 2.83. The Morgan fingerprint density at radius 3 is 2.22 bits per heavy atom. The summed E-state index contributed by atoms with van der Waals surface area (Å²) in [6.45, 7) is 3.69. The third-order valence-electron chi connectivity index (χ3n) is 0.816. The van der Waals surface area contributed by atoms with Crippen LogP contribution < -0.4 is 0 Å². The summed E-state index contributed by atoms with van der Waals surface area (Å²) in [6, 6.07) is 0. The summed E-state index contributed by atoms with van der Waals surface area (Å²) in [5, 5.41) is 9.12. The molecule has 0 aromatic carbocycles. The number of nitrogens with zero attached hydrogens (tertiary/aromatic N) is 1. The predicted octanol–water partition coefficient (Wildman–Crippen LogP) is -0.155. The molecule has 3 heteroatoms. The summed E-state index contributed by atoms with van der Waals surface area (Å²) in [6.07, 6.45) is 0.692. The first-order valence-electron chi connectivity index (χ1n) is 2.83. The fraction of sp³-hybridized carbons (Fsp3) is 0.833. The highest BCUT2D eigenvalue weighted by atomic mass is 16.3. The largest absolute Gasteiger partial charge is 0.389 e. The number of aliphatic hydroxyl groups is 1. The van der Waals surface area contributed by atoms with E-state index in [9.17, 15) is 4.79 Å². The molecule has 9 heavy (non-hydrogen) atoms. The van der Waals surface area contributed by atoms with Crippen LogP contribution in [0, 0.1) is 0 Å². The number of amides is 1. The van der Waals surface area contributed by atoms with Crippen LogP contribution in [0.15, 0.2) is 0 Å². The second-order valence-corrected chi connectivity index (χ2v) is 2.83. The summed E-state index contributed by atoms with van der Waals surface area (Å²) in [5.41, 5.74) is -0.782. The molecule has 0 aliphatic heterocycles. The van der Waals surface area contributed by atoms with E-state index in [1.165, 1.54) is 4.90 Å². The highest BCUT2D eigenvalue weighted by Crippen LogP contribution is 2.00. The summed E-state index contributed by atoms with van der Waals surface area (Å²) in [7, 11) is 1.63. The van der Waals surface area contributed by atoms with Crippen LogP contribution in [0.1, 0.15) is 13.8 Å². The Kier molecular flexibility index (Phi) is 2.65. The van der Waals surface area contributed by atoms with E-state index < -0.39 is 5.60 Å². The quantitative estimate of drug-likeness (QED) is 0.541. The molecule has 3 nitrogen and oxygen atoms in total. The summed E-state index contributed by atoms with van der Waals surface area (Å²) < 4.78 is 0. The number of carbonyl (C=O) groups is 1. The van der Waals surface area contributed by atoms with Gasteiger partial charge in [0, 0.05) is 13.6 Å². The first-order valence-corrected chi connectivity index (χ1v) is 2.83. The highest BCUT2D eigenvalue weighted by Gasteiger charge is 2.13. The lowest BCUT2D eigenvalue weighted by Gasteiger charge is -2.21. The van der Waals surface area contributed by atoms with E-state index in [1.807, 2.05) is 0 Å². The van der Waals surface area contributed by atoms with Gasteiger partial charge in [-0.1, -0.05) is 0 Å². The molecule has 0 rings (SSSR count). The zero-order valence-electron chi connectivity index (χ0n) is 6.09. The van der Waals surface area contributed by atoms with Gasteiger partial charge in [0.05, 0.1) is 5.60 Å². The fourth-order valence-electron chi connectivity index (χ4n) is 0.648. The third-order valence-corrected chi connectivity index (χ3v) is 0.816. The predicted molar refractivity (Wildman–Crippen MR) is 35.0 cm³/mol. The minimum atomic E-state index is -0.782. The maximum atomic E-state index is 10.00. The van der Waals surface area contributed by atoms with Gasteiger partial charge in [-0.3, -0.25) is 4.79 Å². The van der Waals surface area contributed by atoms with E-state index in [1.54, 1.807) is 20.9 Å². The molecule has 0 aliphatic rings. The Labute approximate surface area is 55.3 Å². The first-order chi connectivity index (χ1) is 3.95. The molecular formula is C6H13NO2. The monoisotopic (exact) mass is 131 g/mol. The van der Waals surface area contributed by atoms with Crippen LogP contribution in [0.3, 0.4) is 0 Å². The van der Waals surface area contributed by atoms with Gasteiger partial charge < -0.3 is 10.0 Å². The van der Waals surface area contributed by atoms with Crippen molar-refractivity contribution in [3.8, 4) is 0 Å². The van der Waals surface area contributed by atoms with Crippen molar-refractivity contribution in [2.45, 2.75) is 19.4 Å². The molecule has 0 atom stereocenters. The number of hydrogen-bond acceptors (Lipinski definition) is 2. The van der Waals surface area contributed by atoms with Gasteiger partial charge >= 0.3 is 0 Å². The summed E-state index contributed by atoms with van der Waals surface area (Å²) in [5.74, 6) is 0. The zero-order chi connectivity index (χ0) is 7.49. The molecule has 0 heterocycles. The van der Waals surface area contributed by atoms with Gasteiger partial charge in [-0.25, -0.2) is 0 Å². The van der Waals surface area contributed by atoms with Crippen LogP contribution >= 0.6 is 0 Å². The van der Waals surface area contributed by atoms with E-state index in [0.29, 0.717) is 13.0 Å². The number of carbonyl (C=O) groups excluding carboxylic acids is 1. The SMILES string of the molecule is CN(C=O)CC(C)(C)O. The first kappa shape index (κ1) is 8.43. The highest BCUT2D eigenvalue weighted by molar-refractivity contribution is 5.46. The van der Waals surface area contributed by atoms with Crippen molar-refractivity contribution in [3.63, 3.8) is 0 Å². The van der Waals surface area contributed by atoms with Gasteiger partial charge in [0.1, 0.15) is 0 Å². The van der Waals surface area contributed by atoms with Gasteiger partial charge in [-0.05, 0) is 13.8 Å². The summed E-state index contributed by atoms with van der Waals surface area (Å²) in [4.78, 5) is 11.4. The molecule has 0 aromatic rings. The maximum absolute atomic E-state index is 10.00. The van der Waals surface area contributed by atoms with Crippen molar-refractivity contribution < 1.29 is 9.90 Å². The van der Waals surface area contributed by atoms with Crippen LogP contribution in [0.2, 0.25) is 0 Å².